The molecule has 0 saturated carbocycles. The van der Waals surface area contributed by atoms with Crippen molar-refractivity contribution in [2.75, 3.05) is 0 Å². The molecule has 0 radical (unpaired) electrons. The summed E-state index contributed by atoms with van der Waals surface area (Å²) >= 11 is 0. The molecule has 2 atom stereocenters. The fourth-order valence-corrected chi connectivity index (χ4v) is 2.73. The summed E-state index contributed by atoms with van der Waals surface area (Å²) in [5.41, 5.74) is 0.946. The normalized spacial score (nSPS) is 34.7. The molecular weight excluding hydrogens is 200 g/mol. The Bertz CT molecular complexity index is 315. The first-order chi connectivity index (χ1) is 7.49. The maximum Gasteiger partial charge on any atom is 0.164 e. The predicted molar refractivity (Wildman–Crippen MR) is 64.3 cm³/mol. The highest BCUT2D eigenvalue weighted by Crippen LogP contribution is 2.35. The summed E-state index contributed by atoms with van der Waals surface area (Å²) in [6, 6.07) is 0. The highest BCUT2D eigenvalue weighted by Gasteiger charge is 2.39. The first-order valence-electron chi connectivity index (χ1n) is 6.36. The quantitative estimate of drug-likeness (QED) is 0.636. The van der Waals surface area contributed by atoms with Crippen LogP contribution in [0.2, 0.25) is 0 Å². The maximum absolute atomic E-state index is 11.7. The summed E-state index contributed by atoms with van der Waals surface area (Å²) in [6.45, 7) is 6.02. The molecule has 0 unspecified atom stereocenters. The summed E-state index contributed by atoms with van der Waals surface area (Å²) in [5.74, 6) is 0.877. The van der Waals surface area contributed by atoms with Gasteiger partial charge in [0.15, 0.2) is 5.78 Å². The summed E-state index contributed by atoms with van der Waals surface area (Å²) in [5, 5.41) is 0. The van der Waals surface area contributed by atoms with Crippen molar-refractivity contribution >= 4 is 5.78 Å². The molecule has 2 heteroatoms. The van der Waals surface area contributed by atoms with Crippen LogP contribution in [-0.2, 0) is 9.53 Å². The van der Waals surface area contributed by atoms with E-state index in [9.17, 15) is 4.79 Å². The van der Waals surface area contributed by atoms with Gasteiger partial charge >= 0.3 is 0 Å². The van der Waals surface area contributed by atoms with E-state index in [-0.39, 0.29) is 11.9 Å². The third-order valence-corrected chi connectivity index (χ3v) is 3.98. The van der Waals surface area contributed by atoms with Gasteiger partial charge in [-0.2, -0.15) is 0 Å². The Labute approximate surface area is 98.1 Å². The first kappa shape index (κ1) is 11.8. The first-order valence-corrected chi connectivity index (χ1v) is 6.36. The largest absolute Gasteiger partial charge is 0.364 e. The minimum atomic E-state index is -0.556. The van der Waals surface area contributed by atoms with E-state index in [1.807, 2.05) is 13.8 Å². The van der Waals surface area contributed by atoms with E-state index < -0.39 is 5.60 Å². The van der Waals surface area contributed by atoms with E-state index in [4.69, 9.17) is 4.74 Å². The van der Waals surface area contributed by atoms with Gasteiger partial charge in [-0.15, -0.1) is 0 Å². The molecule has 90 valence electrons. The van der Waals surface area contributed by atoms with Gasteiger partial charge in [0.25, 0.3) is 0 Å². The molecule has 1 aliphatic heterocycles. The Hall–Kier alpha value is -0.630. The zero-order valence-electron chi connectivity index (χ0n) is 10.6. The number of carbonyl (C=O) groups excluding carboxylic acids is 1. The summed E-state index contributed by atoms with van der Waals surface area (Å²) in [7, 11) is 0. The van der Waals surface area contributed by atoms with Gasteiger partial charge in [0, 0.05) is 6.42 Å². The molecule has 0 bridgehead atoms. The molecule has 16 heavy (non-hydrogen) atoms. The molecule has 2 rings (SSSR count). The van der Waals surface area contributed by atoms with Gasteiger partial charge in [-0.25, -0.2) is 0 Å². The van der Waals surface area contributed by atoms with Crippen LogP contribution in [0.1, 0.15) is 52.9 Å². The molecule has 0 N–H and O–H groups in total. The van der Waals surface area contributed by atoms with Crippen molar-refractivity contribution in [3.63, 3.8) is 0 Å². The van der Waals surface area contributed by atoms with E-state index in [2.05, 4.69) is 13.0 Å². The van der Waals surface area contributed by atoms with Gasteiger partial charge in [0.1, 0.15) is 5.60 Å². The van der Waals surface area contributed by atoms with E-state index in [1.54, 1.807) is 0 Å². The molecule has 2 nitrogen and oxygen atoms in total. The van der Waals surface area contributed by atoms with Gasteiger partial charge in [0.05, 0.1) is 6.10 Å². The second-order valence-electron chi connectivity index (χ2n) is 5.71. The zero-order chi connectivity index (χ0) is 11.8. The van der Waals surface area contributed by atoms with Crippen molar-refractivity contribution in [1.29, 1.82) is 0 Å². The summed E-state index contributed by atoms with van der Waals surface area (Å²) in [4.78, 5) is 11.7. The molecular formula is C14H22O2. The van der Waals surface area contributed by atoms with Crippen LogP contribution in [0.5, 0.6) is 0 Å². The maximum atomic E-state index is 11.7. The topological polar surface area (TPSA) is 26.3 Å². The second-order valence-corrected chi connectivity index (χ2v) is 5.71. The lowest BCUT2D eigenvalue weighted by molar-refractivity contribution is -0.164. The van der Waals surface area contributed by atoms with E-state index in [0.29, 0.717) is 12.3 Å². The van der Waals surface area contributed by atoms with Gasteiger partial charge < -0.3 is 4.74 Å². The van der Waals surface area contributed by atoms with Gasteiger partial charge in [-0.05, 0) is 52.4 Å². The minimum Gasteiger partial charge on any atom is -0.364 e. The van der Waals surface area contributed by atoms with Crippen LogP contribution >= 0.6 is 0 Å². The fraction of sp³-hybridized carbons (Fsp3) is 0.786. The molecule has 1 heterocycles. The number of rotatable bonds is 1. The number of ketones is 1. The van der Waals surface area contributed by atoms with Crippen molar-refractivity contribution in [2.24, 2.45) is 5.92 Å². The molecule has 0 aromatic heterocycles. The van der Waals surface area contributed by atoms with Crippen molar-refractivity contribution in [2.45, 2.75) is 64.6 Å². The molecule has 0 aromatic rings. The Balaban J connectivity index is 1.99. The fourth-order valence-electron chi connectivity index (χ4n) is 2.73. The van der Waals surface area contributed by atoms with E-state index in [1.165, 1.54) is 18.4 Å². The lowest BCUT2D eigenvalue weighted by atomic mass is 9.81. The van der Waals surface area contributed by atoms with Crippen molar-refractivity contribution in [3.8, 4) is 0 Å². The molecule has 2 aliphatic rings. The standard InChI is InChI=1S/C14H22O2/c1-10-4-6-11(7-5-10)12-8-9-13(15)14(2,3)16-12/h4,11-12H,5-9H2,1-3H3/t11-,12+/m1/s1. The Morgan fingerprint density at radius 3 is 2.62 bits per heavy atom. The average Bonchev–Trinajstić information content (AvgIpc) is 2.23. The lowest BCUT2D eigenvalue weighted by Gasteiger charge is -2.39. The predicted octanol–water partition coefficient (Wildman–Crippen LogP) is 3.26. The third-order valence-electron chi connectivity index (χ3n) is 3.98. The van der Waals surface area contributed by atoms with Crippen LogP contribution in [0.15, 0.2) is 11.6 Å². The van der Waals surface area contributed by atoms with Crippen molar-refractivity contribution < 1.29 is 9.53 Å². The van der Waals surface area contributed by atoms with Gasteiger partial charge in [-0.3, -0.25) is 4.79 Å². The molecule has 0 amide bonds. The number of carbonyl (C=O) groups is 1. The second kappa shape index (κ2) is 4.33. The molecule has 1 saturated heterocycles. The van der Waals surface area contributed by atoms with Crippen LogP contribution in [0.4, 0.5) is 0 Å². The number of allylic oxidation sites excluding steroid dienone is 2. The molecule has 0 spiro atoms. The van der Waals surface area contributed by atoms with E-state index >= 15 is 0 Å². The smallest absolute Gasteiger partial charge is 0.164 e. The third kappa shape index (κ3) is 2.37. The number of hydrogen-bond acceptors (Lipinski definition) is 2. The number of ether oxygens (including phenoxy) is 1. The summed E-state index contributed by atoms with van der Waals surface area (Å²) < 4.78 is 5.98. The molecule has 1 aliphatic carbocycles. The Kier molecular flexibility index (Phi) is 3.20. The van der Waals surface area contributed by atoms with Crippen LogP contribution < -0.4 is 0 Å². The lowest BCUT2D eigenvalue weighted by Crippen LogP contribution is -2.46. The van der Waals surface area contributed by atoms with E-state index in [0.717, 1.165) is 12.8 Å². The molecule has 1 fully saturated rings. The van der Waals surface area contributed by atoms with Crippen LogP contribution in [-0.4, -0.2) is 17.5 Å². The number of Topliss-reactive ketones (excluding diaryl/α,β-unsaturated/α-hetero) is 1. The highest BCUT2D eigenvalue weighted by molar-refractivity contribution is 5.87. The Morgan fingerprint density at radius 2 is 2.06 bits per heavy atom. The monoisotopic (exact) mass is 222 g/mol. The minimum absolute atomic E-state index is 0.256. The average molecular weight is 222 g/mol. The van der Waals surface area contributed by atoms with Gasteiger partial charge in [-0.1, -0.05) is 11.6 Å². The molecule has 0 aromatic carbocycles. The highest BCUT2D eigenvalue weighted by atomic mass is 16.5. The zero-order valence-corrected chi connectivity index (χ0v) is 10.6. The number of hydrogen-bond donors (Lipinski definition) is 0. The SMILES string of the molecule is CC1=CC[C@@H]([C@@H]2CCC(=O)C(C)(C)O2)CC1. The van der Waals surface area contributed by atoms with Gasteiger partial charge in [0.2, 0.25) is 0 Å². The Morgan fingerprint density at radius 1 is 1.31 bits per heavy atom. The van der Waals surface area contributed by atoms with Crippen LogP contribution in [0.3, 0.4) is 0 Å². The van der Waals surface area contributed by atoms with Crippen molar-refractivity contribution in [1.82, 2.24) is 0 Å². The van der Waals surface area contributed by atoms with Crippen molar-refractivity contribution in [3.05, 3.63) is 11.6 Å². The van der Waals surface area contributed by atoms with Crippen LogP contribution in [0, 0.1) is 5.92 Å². The summed E-state index contributed by atoms with van der Waals surface area (Å²) in [6.07, 6.45) is 7.77. The van der Waals surface area contributed by atoms with Crippen LogP contribution in [0.25, 0.3) is 0 Å².